The SMILES string of the molecule is CCCN1C2=C(N=CC3=CN(N4CCN(C)CC4)CN32)C(C)=C(C)C1OC. The lowest BCUT2D eigenvalue weighted by Crippen LogP contribution is -2.52. The monoisotopic (exact) mass is 372 g/mol. The van der Waals surface area contributed by atoms with Gasteiger partial charge in [0.2, 0.25) is 0 Å². The van der Waals surface area contributed by atoms with Crippen LogP contribution in [0.5, 0.6) is 0 Å². The molecular formula is C20H32N6O. The molecule has 1 fully saturated rings. The summed E-state index contributed by atoms with van der Waals surface area (Å²) in [5, 5.41) is 4.81. The third-order valence-electron chi connectivity index (χ3n) is 6.08. The summed E-state index contributed by atoms with van der Waals surface area (Å²) in [7, 11) is 4.00. The van der Waals surface area contributed by atoms with E-state index in [0.717, 1.165) is 57.2 Å². The topological polar surface area (TPSA) is 37.8 Å². The zero-order valence-electron chi connectivity index (χ0n) is 17.3. The van der Waals surface area contributed by atoms with Gasteiger partial charge in [-0.3, -0.25) is 10.0 Å². The van der Waals surface area contributed by atoms with Gasteiger partial charge in [-0.1, -0.05) is 6.92 Å². The van der Waals surface area contributed by atoms with Crippen LogP contribution in [-0.4, -0.2) is 90.7 Å². The van der Waals surface area contributed by atoms with Crippen molar-refractivity contribution in [3.8, 4) is 0 Å². The maximum absolute atomic E-state index is 5.90. The van der Waals surface area contributed by atoms with Crippen LogP contribution in [0, 0.1) is 0 Å². The summed E-state index contributed by atoms with van der Waals surface area (Å²) in [6.07, 6.45) is 5.31. The Morgan fingerprint density at radius 1 is 1.19 bits per heavy atom. The van der Waals surface area contributed by atoms with E-state index >= 15 is 0 Å². The highest BCUT2D eigenvalue weighted by Crippen LogP contribution is 2.39. The molecule has 7 nitrogen and oxygen atoms in total. The predicted molar refractivity (Wildman–Crippen MR) is 107 cm³/mol. The van der Waals surface area contributed by atoms with Gasteiger partial charge in [0.05, 0.1) is 11.9 Å². The molecule has 0 aromatic carbocycles. The molecule has 4 aliphatic rings. The van der Waals surface area contributed by atoms with Crippen LogP contribution in [0.1, 0.15) is 27.2 Å². The van der Waals surface area contributed by atoms with Gasteiger partial charge < -0.3 is 19.4 Å². The number of fused-ring (bicyclic) bond motifs is 2. The quantitative estimate of drug-likeness (QED) is 0.750. The maximum Gasteiger partial charge on any atom is 0.153 e. The molecule has 4 aliphatic heterocycles. The summed E-state index contributed by atoms with van der Waals surface area (Å²) >= 11 is 0. The van der Waals surface area contributed by atoms with Gasteiger partial charge in [0.25, 0.3) is 0 Å². The van der Waals surface area contributed by atoms with Crippen LogP contribution in [0.25, 0.3) is 0 Å². The lowest BCUT2D eigenvalue weighted by molar-refractivity contribution is -0.0389. The Balaban J connectivity index is 1.64. The number of allylic oxidation sites excluding steroid dienone is 2. The standard InChI is InChI=1S/C20H32N6O/c1-6-7-25-19-18(15(2)16(3)20(25)27-5)21-12-17-13-24(14-26(17)19)23-10-8-22(4)9-11-23/h12-13,20H,6-11,14H2,1-5H3. The van der Waals surface area contributed by atoms with Crippen LogP contribution in [0.3, 0.4) is 0 Å². The fraction of sp³-hybridized carbons (Fsp3) is 0.650. The van der Waals surface area contributed by atoms with Crippen molar-refractivity contribution >= 4 is 6.21 Å². The molecule has 4 heterocycles. The number of hydrogen-bond donors (Lipinski definition) is 0. The van der Waals surface area contributed by atoms with Gasteiger partial charge in [0, 0.05) is 46.0 Å². The second-order valence-corrected chi connectivity index (χ2v) is 7.84. The van der Waals surface area contributed by atoms with Gasteiger partial charge in [0.1, 0.15) is 18.2 Å². The van der Waals surface area contributed by atoms with Crippen molar-refractivity contribution in [2.45, 2.75) is 33.4 Å². The maximum atomic E-state index is 5.90. The molecule has 148 valence electrons. The fourth-order valence-corrected chi connectivity index (χ4v) is 4.36. The molecule has 0 N–H and O–H groups in total. The average molecular weight is 373 g/mol. The van der Waals surface area contributed by atoms with Gasteiger partial charge in [0.15, 0.2) is 6.23 Å². The first kappa shape index (κ1) is 18.5. The van der Waals surface area contributed by atoms with Crippen molar-refractivity contribution in [3.63, 3.8) is 0 Å². The Kier molecular flexibility index (Phi) is 5.01. The van der Waals surface area contributed by atoms with Gasteiger partial charge in [-0.25, -0.2) is 5.01 Å². The summed E-state index contributed by atoms with van der Waals surface area (Å²) in [6, 6.07) is 0. The highest BCUT2D eigenvalue weighted by Gasteiger charge is 2.39. The summed E-state index contributed by atoms with van der Waals surface area (Å²) in [4.78, 5) is 12.0. The van der Waals surface area contributed by atoms with Crippen molar-refractivity contribution in [2.24, 2.45) is 4.99 Å². The normalized spacial score (nSPS) is 26.8. The summed E-state index contributed by atoms with van der Waals surface area (Å²) < 4.78 is 5.90. The lowest BCUT2D eigenvalue weighted by Gasteiger charge is -2.45. The van der Waals surface area contributed by atoms with E-state index in [4.69, 9.17) is 9.73 Å². The smallest absolute Gasteiger partial charge is 0.153 e. The molecule has 0 amide bonds. The Morgan fingerprint density at radius 2 is 1.93 bits per heavy atom. The first-order chi connectivity index (χ1) is 13.0. The summed E-state index contributed by atoms with van der Waals surface area (Å²) in [5.41, 5.74) is 4.74. The molecule has 0 saturated carbocycles. The number of methoxy groups -OCH3 is 1. The van der Waals surface area contributed by atoms with E-state index in [-0.39, 0.29) is 6.23 Å². The van der Waals surface area contributed by atoms with Crippen LogP contribution < -0.4 is 0 Å². The Hall–Kier alpha value is -1.83. The van der Waals surface area contributed by atoms with Crippen molar-refractivity contribution < 1.29 is 4.74 Å². The van der Waals surface area contributed by atoms with Gasteiger partial charge >= 0.3 is 0 Å². The van der Waals surface area contributed by atoms with Crippen molar-refractivity contribution in [2.75, 3.05) is 53.5 Å². The first-order valence-corrected chi connectivity index (χ1v) is 10.00. The molecule has 27 heavy (non-hydrogen) atoms. The number of piperazine rings is 1. The second kappa shape index (κ2) is 7.30. The Morgan fingerprint density at radius 3 is 2.59 bits per heavy atom. The third-order valence-corrected chi connectivity index (χ3v) is 6.08. The molecular weight excluding hydrogens is 340 g/mol. The highest BCUT2D eigenvalue weighted by molar-refractivity contribution is 5.82. The third kappa shape index (κ3) is 3.07. The minimum absolute atomic E-state index is 0.0177. The molecule has 0 aromatic heterocycles. The molecule has 0 radical (unpaired) electrons. The fourth-order valence-electron chi connectivity index (χ4n) is 4.36. The molecule has 1 unspecified atom stereocenters. The number of hydrazine groups is 1. The minimum Gasteiger partial charge on any atom is -0.358 e. The van der Waals surface area contributed by atoms with Crippen LogP contribution in [0.15, 0.2) is 39.6 Å². The largest absolute Gasteiger partial charge is 0.358 e. The van der Waals surface area contributed by atoms with E-state index in [2.05, 4.69) is 58.7 Å². The minimum atomic E-state index is -0.0177. The predicted octanol–water partition coefficient (Wildman–Crippen LogP) is 1.85. The number of hydrogen-bond acceptors (Lipinski definition) is 7. The molecule has 0 spiro atoms. The average Bonchev–Trinajstić information content (AvgIpc) is 3.10. The second-order valence-electron chi connectivity index (χ2n) is 7.84. The molecule has 0 aliphatic carbocycles. The molecule has 1 saturated heterocycles. The zero-order valence-corrected chi connectivity index (χ0v) is 17.3. The zero-order chi connectivity index (χ0) is 19.1. The molecule has 0 bridgehead atoms. The number of ether oxygens (including phenoxy) is 1. The lowest BCUT2D eigenvalue weighted by atomic mass is 10.00. The van der Waals surface area contributed by atoms with E-state index in [1.54, 1.807) is 7.11 Å². The Labute approximate surface area is 162 Å². The summed E-state index contributed by atoms with van der Waals surface area (Å²) in [6.45, 7) is 12.7. The van der Waals surface area contributed by atoms with Crippen molar-refractivity contribution in [3.05, 3.63) is 34.6 Å². The van der Waals surface area contributed by atoms with Crippen LogP contribution in [0.4, 0.5) is 0 Å². The summed E-state index contributed by atoms with van der Waals surface area (Å²) in [5.74, 6) is 1.19. The van der Waals surface area contributed by atoms with Crippen molar-refractivity contribution in [1.82, 2.24) is 24.7 Å². The van der Waals surface area contributed by atoms with E-state index in [1.165, 1.54) is 17.0 Å². The van der Waals surface area contributed by atoms with Crippen LogP contribution in [-0.2, 0) is 4.74 Å². The number of likely N-dealkylation sites (N-methyl/N-ethyl adjacent to an activating group) is 1. The molecule has 1 atom stereocenters. The van der Waals surface area contributed by atoms with Gasteiger partial charge in [-0.05, 0) is 38.5 Å². The van der Waals surface area contributed by atoms with E-state index in [0.29, 0.717) is 0 Å². The molecule has 7 heteroatoms. The highest BCUT2D eigenvalue weighted by atomic mass is 16.5. The number of rotatable bonds is 4. The van der Waals surface area contributed by atoms with E-state index in [1.807, 2.05) is 6.21 Å². The molecule has 0 aromatic rings. The molecule has 4 rings (SSSR count). The Bertz CT molecular complexity index is 716. The van der Waals surface area contributed by atoms with E-state index < -0.39 is 0 Å². The number of aliphatic imine (C=N–C) groups is 1. The number of nitrogens with zero attached hydrogens (tertiary/aromatic N) is 6. The van der Waals surface area contributed by atoms with E-state index in [9.17, 15) is 0 Å². The van der Waals surface area contributed by atoms with Gasteiger partial charge in [-0.15, -0.1) is 0 Å². The van der Waals surface area contributed by atoms with Crippen LogP contribution >= 0.6 is 0 Å². The first-order valence-electron chi connectivity index (χ1n) is 10.00. The van der Waals surface area contributed by atoms with Crippen LogP contribution in [0.2, 0.25) is 0 Å². The van der Waals surface area contributed by atoms with Crippen molar-refractivity contribution in [1.29, 1.82) is 0 Å². The van der Waals surface area contributed by atoms with Gasteiger partial charge in [-0.2, -0.15) is 0 Å².